The Hall–Kier alpha value is -1.75. The van der Waals surface area contributed by atoms with Crippen LogP contribution in [0.4, 0.5) is 5.69 Å². The number of hydrogen-bond donors (Lipinski definition) is 2. The van der Waals surface area contributed by atoms with Gasteiger partial charge in [-0.2, -0.15) is 0 Å². The molecular formula is C18H21ClN2O2. The van der Waals surface area contributed by atoms with E-state index in [-0.39, 0.29) is 5.75 Å². The minimum absolute atomic E-state index is 0.289. The van der Waals surface area contributed by atoms with Crippen molar-refractivity contribution >= 4 is 17.3 Å². The summed E-state index contributed by atoms with van der Waals surface area (Å²) in [6.07, 6.45) is -0.520. The molecule has 1 aliphatic rings. The van der Waals surface area contributed by atoms with Crippen molar-refractivity contribution in [3.05, 3.63) is 59.1 Å². The van der Waals surface area contributed by atoms with Crippen LogP contribution in [0.1, 0.15) is 11.7 Å². The van der Waals surface area contributed by atoms with Crippen LogP contribution >= 0.6 is 11.6 Å². The Balaban J connectivity index is 1.54. The van der Waals surface area contributed by atoms with Gasteiger partial charge in [0.05, 0.1) is 6.10 Å². The molecule has 1 saturated heterocycles. The lowest BCUT2D eigenvalue weighted by Gasteiger charge is -2.37. The second-order valence-electron chi connectivity index (χ2n) is 5.87. The number of aliphatic hydroxyl groups excluding tert-OH is 1. The van der Waals surface area contributed by atoms with Gasteiger partial charge in [0, 0.05) is 43.4 Å². The van der Waals surface area contributed by atoms with E-state index < -0.39 is 6.10 Å². The van der Waals surface area contributed by atoms with Crippen molar-refractivity contribution < 1.29 is 10.2 Å². The molecule has 2 aromatic carbocycles. The Labute approximate surface area is 141 Å². The van der Waals surface area contributed by atoms with Gasteiger partial charge in [0.25, 0.3) is 0 Å². The average Bonchev–Trinajstić information content (AvgIpc) is 2.56. The molecular weight excluding hydrogens is 312 g/mol. The standard InChI is InChI=1S/C18H21ClN2O2/c19-15-3-1-2-14(12-15)18(23)13-20-8-10-21(11-9-20)16-4-6-17(22)7-5-16/h1-7,12,18,22-23H,8-11,13H2. The Morgan fingerprint density at radius 3 is 2.35 bits per heavy atom. The van der Waals surface area contributed by atoms with Crippen molar-refractivity contribution in [3.8, 4) is 5.75 Å². The molecule has 1 unspecified atom stereocenters. The van der Waals surface area contributed by atoms with E-state index in [1.165, 1.54) is 0 Å². The summed E-state index contributed by atoms with van der Waals surface area (Å²) >= 11 is 5.98. The van der Waals surface area contributed by atoms with Gasteiger partial charge in [0.1, 0.15) is 5.75 Å². The first-order chi connectivity index (χ1) is 11.1. The Morgan fingerprint density at radius 2 is 1.70 bits per heavy atom. The predicted octanol–water partition coefficient (Wildman–Crippen LogP) is 2.90. The van der Waals surface area contributed by atoms with Gasteiger partial charge in [-0.3, -0.25) is 4.90 Å². The molecule has 5 heteroatoms. The molecule has 0 saturated carbocycles. The number of halogens is 1. The summed E-state index contributed by atoms with van der Waals surface area (Å²) in [5, 5.41) is 20.4. The number of hydrogen-bond acceptors (Lipinski definition) is 4. The number of aromatic hydroxyl groups is 1. The van der Waals surface area contributed by atoms with E-state index in [1.54, 1.807) is 12.1 Å². The SMILES string of the molecule is Oc1ccc(N2CCN(CC(O)c3cccc(Cl)c3)CC2)cc1. The van der Waals surface area contributed by atoms with Crippen molar-refractivity contribution in [2.75, 3.05) is 37.6 Å². The monoisotopic (exact) mass is 332 g/mol. The minimum Gasteiger partial charge on any atom is -0.508 e. The summed E-state index contributed by atoms with van der Waals surface area (Å²) in [6, 6.07) is 14.7. The lowest BCUT2D eigenvalue weighted by atomic mass is 10.1. The van der Waals surface area contributed by atoms with E-state index >= 15 is 0 Å². The third-order valence-electron chi connectivity index (χ3n) is 4.25. The van der Waals surface area contributed by atoms with E-state index in [0.717, 1.165) is 37.4 Å². The largest absolute Gasteiger partial charge is 0.508 e. The van der Waals surface area contributed by atoms with Crippen LogP contribution in [0.3, 0.4) is 0 Å². The second kappa shape index (κ2) is 7.21. The summed E-state index contributed by atoms with van der Waals surface area (Å²) < 4.78 is 0. The van der Waals surface area contributed by atoms with Crippen LogP contribution in [0.25, 0.3) is 0 Å². The first kappa shape index (κ1) is 16.1. The fraction of sp³-hybridized carbons (Fsp3) is 0.333. The molecule has 1 aliphatic heterocycles. The number of rotatable bonds is 4. The first-order valence-electron chi connectivity index (χ1n) is 7.82. The summed E-state index contributed by atoms with van der Waals surface area (Å²) in [5.74, 6) is 0.289. The lowest BCUT2D eigenvalue weighted by molar-refractivity contribution is 0.109. The molecule has 23 heavy (non-hydrogen) atoms. The maximum atomic E-state index is 10.4. The Bertz CT molecular complexity index is 640. The van der Waals surface area contributed by atoms with Crippen LogP contribution in [-0.2, 0) is 0 Å². The molecule has 1 fully saturated rings. The van der Waals surface area contributed by atoms with Crippen molar-refractivity contribution in [1.29, 1.82) is 0 Å². The highest BCUT2D eigenvalue weighted by Crippen LogP contribution is 2.22. The normalized spacial score (nSPS) is 17.2. The maximum absolute atomic E-state index is 10.4. The average molecular weight is 333 g/mol. The number of aliphatic hydroxyl groups is 1. The summed E-state index contributed by atoms with van der Waals surface area (Å²) in [6.45, 7) is 4.24. The van der Waals surface area contributed by atoms with Crippen LogP contribution in [0.5, 0.6) is 5.75 Å². The quantitative estimate of drug-likeness (QED) is 0.903. The van der Waals surface area contributed by atoms with Gasteiger partial charge in [-0.1, -0.05) is 23.7 Å². The van der Waals surface area contributed by atoms with Gasteiger partial charge in [0.15, 0.2) is 0 Å². The van der Waals surface area contributed by atoms with Crippen molar-refractivity contribution in [3.63, 3.8) is 0 Å². The third kappa shape index (κ3) is 4.16. The van der Waals surface area contributed by atoms with Crippen LogP contribution in [-0.4, -0.2) is 47.8 Å². The molecule has 1 atom stereocenters. The second-order valence-corrected chi connectivity index (χ2v) is 6.31. The van der Waals surface area contributed by atoms with Crippen LogP contribution in [0.2, 0.25) is 5.02 Å². The minimum atomic E-state index is -0.520. The smallest absolute Gasteiger partial charge is 0.115 e. The zero-order valence-corrected chi connectivity index (χ0v) is 13.7. The maximum Gasteiger partial charge on any atom is 0.115 e. The fourth-order valence-electron chi connectivity index (χ4n) is 2.92. The molecule has 0 bridgehead atoms. The van der Waals surface area contributed by atoms with E-state index in [9.17, 15) is 10.2 Å². The number of phenols is 1. The van der Waals surface area contributed by atoms with Gasteiger partial charge in [-0.05, 0) is 42.0 Å². The summed E-state index contributed by atoms with van der Waals surface area (Å²) in [7, 11) is 0. The number of phenolic OH excluding ortho intramolecular Hbond substituents is 1. The molecule has 3 rings (SSSR count). The van der Waals surface area contributed by atoms with E-state index in [2.05, 4.69) is 9.80 Å². The number of anilines is 1. The number of benzene rings is 2. The molecule has 0 aliphatic carbocycles. The van der Waals surface area contributed by atoms with Crippen molar-refractivity contribution in [2.24, 2.45) is 0 Å². The van der Waals surface area contributed by atoms with E-state index in [0.29, 0.717) is 11.6 Å². The van der Waals surface area contributed by atoms with Gasteiger partial charge in [-0.15, -0.1) is 0 Å². The number of piperazine rings is 1. The zero-order chi connectivity index (χ0) is 16.2. The predicted molar refractivity (Wildman–Crippen MR) is 93.2 cm³/mol. The highest BCUT2D eigenvalue weighted by Gasteiger charge is 2.20. The fourth-order valence-corrected chi connectivity index (χ4v) is 3.11. The summed E-state index contributed by atoms with van der Waals surface area (Å²) in [4.78, 5) is 4.56. The van der Waals surface area contributed by atoms with Crippen LogP contribution in [0, 0.1) is 0 Å². The van der Waals surface area contributed by atoms with Crippen molar-refractivity contribution in [2.45, 2.75) is 6.10 Å². The molecule has 0 spiro atoms. The van der Waals surface area contributed by atoms with E-state index in [4.69, 9.17) is 11.6 Å². The summed E-state index contributed by atoms with van der Waals surface area (Å²) in [5.41, 5.74) is 1.98. The van der Waals surface area contributed by atoms with Gasteiger partial charge in [0.2, 0.25) is 0 Å². The van der Waals surface area contributed by atoms with Crippen LogP contribution < -0.4 is 4.90 Å². The Kier molecular flexibility index (Phi) is 5.06. The highest BCUT2D eigenvalue weighted by molar-refractivity contribution is 6.30. The number of β-amino-alcohol motifs (C(OH)–C–C–N with tert-alkyl or cyclic N) is 1. The highest BCUT2D eigenvalue weighted by atomic mass is 35.5. The molecule has 2 N–H and O–H groups in total. The number of nitrogens with zero attached hydrogens (tertiary/aromatic N) is 2. The van der Waals surface area contributed by atoms with Crippen molar-refractivity contribution in [1.82, 2.24) is 4.90 Å². The molecule has 0 amide bonds. The molecule has 2 aromatic rings. The van der Waals surface area contributed by atoms with E-state index in [1.807, 2.05) is 36.4 Å². The molecule has 122 valence electrons. The van der Waals surface area contributed by atoms with Gasteiger partial charge < -0.3 is 15.1 Å². The molecule has 0 radical (unpaired) electrons. The first-order valence-corrected chi connectivity index (χ1v) is 8.19. The topological polar surface area (TPSA) is 46.9 Å². The zero-order valence-electron chi connectivity index (χ0n) is 12.9. The molecule has 0 aromatic heterocycles. The van der Waals surface area contributed by atoms with Gasteiger partial charge in [-0.25, -0.2) is 0 Å². The molecule has 4 nitrogen and oxygen atoms in total. The lowest BCUT2D eigenvalue weighted by Crippen LogP contribution is -2.47. The van der Waals surface area contributed by atoms with Gasteiger partial charge >= 0.3 is 0 Å². The van der Waals surface area contributed by atoms with Crippen LogP contribution in [0.15, 0.2) is 48.5 Å². The Morgan fingerprint density at radius 1 is 1.00 bits per heavy atom. The third-order valence-corrected chi connectivity index (χ3v) is 4.49. The molecule has 1 heterocycles.